The van der Waals surface area contributed by atoms with E-state index in [4.69, 9.17) is 0 Å². The Kier molecular flexibility index (Phi) is 3.84. The second kappa shape index (κ2) is 6.29. The molecule has 3 aromatic rings. The van der Waals surface area contributed by atoms with Gasteiger partial charge in [0.25, 0.3) is 0 Å². The van der Waals surface area contributed by atoms with Crippen LogP contribution in [0.5, 0.6) is 0 Å². The summed E-state index contributed by atoms with van der Waals surface area (Å²) in [6, 6.07) is 15.1. The third-order valence-corrected chi connectivity index (χ3v) is 4.43. The number of benzene rings is 2. The average Bonchev–Trinajstić information content (AvgIpc) is 2.84. The van der Waals surface area contributed by atoms with E-state index >= 15 is 0 Å². The third-order valence-electron chi connectivity index (χ3n) is 4.43. The topological polar surface area (TPSA) is 12.9 Å². The summed E-state index contributed by atoms with van der Waals surface area (Å²) in [6.07, 6.45) is 16.0. The van der Waals surface area contributed by atoms with Crippen molar-refractivity contribution in [3.63, 3.8) is 0 Å². The van der Waals surface area contributed by atoms with Gasteiger partial charge in [-0.15, -0.1) is 0 Å². The quantitative estimate of drug-likeness (QED) is 0.579. The minimum atomic E-state index is 0.975. The molecule has 24 heavy (non-hydrogen) atoms. The van der Waals surface area contributed by atoms with Gasteiger partial charge < -0.3 is 0 Å². The van der Waals surface area contributed by atoms with E-state index in [0.717, 1.165) is 12.1 Å². The van der Waals surface area contributed by atoms with Crippen LogP contribution in [0.15, 0.2) is 66.9 Å². The van der Waals surface area contributed by atoms with Crippen LogP contribution >= 0.6 is 0 Å². The van der Waals surface area contributed by atoms with Gasteiger partial charge in [-0.05, 0) is 58.5 Å². The van der Waals surface area contributed by atoms with Gasteiger partial charge in [-0.1, -0.05) is 66.8 Å². The van der Waals surface area contributed by atoms with Crippen LogP contribution in [0.1, 0.15) is 27.9 Å². The number of fused-ring (bicyclic) bond motifs is 2. The molecule has 1 heterocycles. The van der Waals surface area contributed by atoms with Gasteiger partial charge in [-0.25, -0.2) is 0 Å². The van der Waals surface area contributed by atoms with E-state index in [2.05, 4.69) is 77.8 Å². The number of allylic oxidation sites excluding steroid dienone is 3. The van der Waals surface area contributed by atoms with Gasteiger partial charge in [0.2, 0.25) is 0 Å². The number of rotatable bonds is 2. The Labute approximate surface area is 142 Å². The summed E-state index contributed by atoms with van der Waals surface area (Å²) in [4.78, 5) is 4.27. The fraction of sp³-hybridized carbons (Fsp3) is 0.0870. The van der Waals surface area contributed by atoms with Crippen molar-refractivity contribution in [2.75, 3.05) is 0 Å². The molecule has 0 saturated heterocycles. The molecule has 1 aromatic heterocycles. The van der Waals surface area contributed by atoms with Crippen molar-refractivity contribution in [1.82, 2.24) is 4.98 Å². The summed E-state index contributed by atoms with van der Waals surface area (Å²) < 4.78 is 0. The minimum absolute atomic E-state index is 0.975. The van der Waals surface area contributed by atoms with Gasteiger partial charge in [-0.2, -0.15) is 0 Å². The van der Waals surface area contributed by atoms with Crippen molar-refractivity contribution in [3.8, 4) is 0 Å². The molecule has 0 radical (unpaired) electrons. The van der Waals surface area contributed by atoms with E-state index < -0.39 is 0 Å². The highest BCUT2D eigenvalue weighted by Gasteiger charge is 2.09. The maximum absolute atomic E-state index is 4.27. The van der Waals surface area contributed by atoms with Crippen molar-refractivity contribution in [1.29, 1.82) is 0 Å². The first-order chi connectivity index (χ1) is 11.8. The zero-order chi connectivity index (χ0) is 16.4. The van der Waals surface area contributed by atoms with E-state index in [1.165, 1.54) is 33.0 Å². The molecule has 116 valence electrons. The van der Waals surface area contributed by atoms with Gasteiger partial charge in [0.1, 0.15) is 0 Å². The van der Waals surface area contributed by atoms with Crippen LogP contribution in [0.25, 0.3) is 29.0 Å². The van der Waals surface area contributed by atoms with Gasteiger partial charge in [0, 0.05) is 11.9 Å². The first kappa shape index (κ1) is 14.6. The predicted octanol–water partition coefficient (Wildman–Crippen LogP) is 5.84. The largest absolute Gasteiger partial charge is 0.262 e. The Morgan fingerprint density at radius 2 is 1.92 bits per heavy atom. The lowest BCUT2D eigenvalue weighted by Crippen LogP contribution is -1.93. The molecule has 0 bridgehead atoms. The van der Waals surface area contributed by atoms with E-state index in [-0.39, 0.29) is 0 Å². The van der Waals surface area contributed by atoms with E-state index in [9.17, 15) is 0 Å². The van der Waals surface area contributed by atoms with Gasteiger partial charge >= 0.3 is 0 Å². The van der Waals surface area contributed by atoms with Crippen molar-refractivity contribution in [2.24, 2.45) is 0 Å². The monoisotopic (exact) mass is 309 g/mol. The van der Waals surface area contributed by atoms with Gasteiger partial charge in [0.05, 0.1) is 0 Å². The fourth-order valence-electron chi connectivity index (χ4n) is 3.27. The van der Waals surface area contributed by atoms with Gasteiger partial charge in [0.15, 0.2) is 0 Å². The van der Waals surface area contributed by atoms with E-state index in [1.54, 1.807) is 0 Å². The molecular weight excluding hydrogens is 290 g/mol. The maximum Gasteiger partial charge on any atom is 0.0378 e. The van der Waals surface area contributed by atoms with Gasteiger partial charge in [-0.3, -0.25) is 4.98 Å². The summed E-state index contributed by atoms with van der Waals surface area (Å²) in [5.74, 6) is 0. The van der Waals surface area contributed by atoms with Crippen LogP contribution in [0, 0.1) is 6.92 Å². The van der Waals surface area contributed by atoms with Crippen molar-refractivity contribution in [3.05, 3.63) is 94.8 Å². The highest BCUT2D eigenvalue weighted by molar-refractivity contribution is 5.97. The fourth-order valence-corrected chi connectivity index (χ4v) is 3.27. The Morgan fingerprint density at radius 1 is 1.00 bits per heavy atom. The van der Waals surface area contributed by atoms with E-state index in [1.807, 2.05) is 19.2 Å². The molecule has 1 heteroatoms. The molecule has 1 aliphatic rings. The third kappa shape index (κ3) is 2.81. The molecule has 0 unspecified atom stereocenters. The lowest BCUT2D eigenvalue weighted by molar-refractivity contribution is 1.20. The van der Waals surface area contributed by atoms with Crippen LogP contribution < -0.4 is 0 Å². The summed E-state index contributed by atoms with van der Waals surface area (Å²) in [6.45, 7) is 2.02. The normalized spacial score (nSPS) is 13.4. The van der Waals surface area contributed by atoms with Crippen LogP contribution in [0.4, 0.5) is 0 Å². The Bertz CT molecular complexity index is 990. The second-order valence-electron chi connectivity index (χ2n) is 6.14. The molecule has 4 rings (SSSR count). The zero-order valence-corrected chi connectivity index (χ0v) is 13.7. The smallest absolute Gasteiger partial charge is 0.0378 e. The molecule has 0 aliphatic heterocycles. The summed E-state index contributed by atoms with van der Waals surface area (Å²) in [5.41, 5.74) is 6.21. The van der Waals surface area contributed by atoms with Crippen LogP contribution in [0.3, 0.4) is 0 Å². The summed E-state index contributed by atoms with van der Waals surface area (Å²) in [5, 5.41) is 2.59. The molecule has 0 fully saturated rings. The molecule has 0 N–H and O–H groups in total. The first-order valence-corrected chi connectivity index (χ1v) is 8.30. The highest BCUT2D eigenvalue weighted by Crippen LogP contribution is 2.30. The maximum atomic E-state index is 4.27. The van der Waals surface area contributed by atoms with Crippen LogP contribution in [-0.2, 0) is 6.42 Å². The lowest BCUT2D eigenvalue weighted by atomic mass is 9.92. The molecule has 0 saturated carbocycles. The van der Waals surface area contributed by atoms with Crippen LogP contribution in [-0.4, -0.2) is 4.98 Å². The second-order valence-corrected chi connectivity index (χ2v) is 6.14. The Morgan fingerprint density at radius 3 is 2.83 bits per heavy atom. The number of pyridine rings is 1. The van der Waals surface area contributed by atoms with Crippen molar-refractivity contribution >= 4 is 29.0 Å². The highest BCUT2D eigenvalue weighted by atomic mass is 14.6. The standard InChI is InChI=1S/C23H19N/c1-17-15-18(13-14-24-17)11-12-23-21-9-4-2-3-7-19(21)16-20-8-5-6-10-22(20)23/h2-6,8-16H,7H2,1H3/b12-11+. The SMILES string of the molecule is Cc1cc(/C=C/c2c3c(cc4ccccc24)CC=CC=C3)ccn1. The molecule has 2 aromatic carbocycles. The van der Waals surface area contributed by atoms with Crippen molar-refractivity contribution < 1.29 is 0 Å². The zero-order valence-electron chi connectivity index (χ0n) is 13.7. The van der Waals surface area contributed by atoms with Crippen molar-refractivity contribution in [2.45, 2.75) is 13.3 Å². The predicted molar refractivity (Wildman–Crippen MR) is 104 cm³/mol. The number of hydrogen-bond acceptors (Lipinski definition) is 1. The molecule has 0 amide bonds. The number of hydrogen-bond donors (Lipinski definition) is 0. The first-order valence-electron chi connectivity index (χ1n) is 8.30. The Hall–Kier alpha value is -2.93. The summed E-state index contributed by atoms with van der Waals surface area (Å²) >= 11 is 0. The number of aryl methyl sites for hydroxylation is 1. The molecular formula is C23H19N. The summed E-state index contributed by atoms with van der Waals surface area (Å²) in [7, 11) is 0. The minimum Gasteiger partial charge on any atom is -0.262 e. The molecule has 1 nitrogen and oxygen atoms in total. The number of nitrogens with zero attached hydrogens (tertiary/aromatic N) is 1. The lowest BCUT2D eigenvalue weighted by Gasteiger charge is -2.12. The molecule has 0 atom stereocenters. The molecule has 0 spiro atoms. The average molecular weight is 309 g/mol. The number of aromatic nitrogens is 1. The Balaban J connectivity index is 1.91. The molecule has 1 aliphatic carbocycles. The van der Waals surface area contributed by atoms with Crippen LogP contribution in [0.2, 0.25) is 0 Å². The van der Waals surface area contributed by atoms with E-state index in [0.29, 0.717) is 0 Å².